The van der Waals surface area contributed by atoms with Gasteiger partial charge < -0.3 is 23.8 Å². The Kier molecular flexibility index (Phi) is 6.73. The number of ketones is 1. The Morgan fingerprint density at radius 3 is 2.26 bits per heavy atom. The van der Waals surface area contributed by atoms with E-state index >= 15 is 0 Å². The van der Waals surface area contributed by atoms with E-state index in [1.807, 2.05) is 24.3 Å². The van der Waals surface area contributed by atoms with E-state index in [9.17, 15) is 9.59 Å². The number of rotatable bonds is 6. The second-order valence-electron chi connectivity index (χ2n) is 9.40. The van der Waals surface area contributed by atoms with Crippen molar-refractivity contribution in [3.05, 3.63) is 47.5 Å². The fraction of sp³-hybridized carbons (Fsp3) is 0.481. The zero-order valence-electron chi connectivity index (χ0n) is 20.6. The molecule has 1 saturated heterocycles. The van der Waals surface area contributed by atoms with Crippen LogP contribution in [0.4, 0.5) is 0 Å². The summed E-state index contributed by atoms with van der Waals surface area (Å²) in [5, 5.41) is 0. The molecule has 7 nitrogen and oxygen atoms in total. The van der Waals surface area contributed by atoms with Crippen LogP contribution in [0.15, 0.2) is 36.4 Å². The molecule has 1 fully saturated rings. The van der Waals surface area contributed by atoms with Crippen LogP contribution in [0.3, 0.4) is 0 Å². The van der Waals surface area contributed by atoms with Gasteiger partial charge in [0.2, 0.25) is 0 Å². The van der Waals surface area contributed by atoms with Crippen molar-refractivity contribution in [1.82, 2.24) is 4.90 Å². The molecular formula is C27H33NO6. The van der Waals surface area contributed by atoms with Gasteiger partial charge in [0, 0.05) is 38.1 Å². The molecule has 2 heterocycles. The molecule has 1 amide bonds. The molecule has 0 radical (unpaired) electrons. The Morgan fingerprint density at radius 1 is 1.00 bits per heavy atom. The average molecular weight is 468 g/mol. The van der Waals surface area contributed by atoms with E-state index in [0.29, 0.717) is 60.4 Å². The number of hydrogen-bond acceptors (Lipinski definition) is 6. The van der Waals surface area contributed by atoms with Crippen LogP contribution in [0, 0.1) is 0 Å². The highest BCUT2D eigenvalue weighted by molar-refractivity contribution is 6.03. The zero-order chi connectivity index (χ0) is 24.5. The van der Waals surface area contributed by atoms with E-state index in [0.717, 1.165) is 0 Å². The van der Waals surface area contributed by atoms with Crippen LogP contribution in [-0.4, -0.2) is 55.6 Å². The number of amides is 1. The lowest BCUT2D eigenvalue weighted by molar-refractivity contribution is -0.141. The number of fused-ring (bicyclic) bond motifs is 1. The van der Waals surface area contributed by atoms with Gasteiger partial charge in [-0.1, -0.05) is 26.0 Å². The number of Topliss-reactive ketones (excluding diaryl/α,β-unsaturated/α-hetero) is 1. The number of likely N-dealkylation sites (tertiary alicyclic amines) is 1. The van der Waals surface area contributed by atoms with Crippen molar-refractivity contribution in [2.24, 2.45) is 0 Å². The van der Waals surface area contributed by atoms with E-state index in [1.165, 1.54) is 12.7 Å². The summed E-state index contributed by atoms with van der Waals surface area (Å²) in [6.07, 6.45) is 0.805. The summed E-state index contributed by atoms with van der Waals surface area (Å²) in [5.41, 5.74) is 1.05. The van der Waals surface area contributed by atoms with Crippen LogP contribution in [0.2, 0.25) is 0 Å². The van der Waals surface area contributed by atoms with Crippen LogP contribution in [0.25, 0.3) is 0 Å². The number of piperidine rings is 1. The molecule has 0 saturated carbocycles. The number of methoxy groups -OCH3 is 2. The van der Waals surface area contributed by atoms with Gasteiger partial charge in [0.15, 0.2) is 11.9 Å². The van der Waals surface area contributed by atoms with Gasteiger partial charge in [0.05, 0.1) is 20.6 Å². The predicted molar refractivity (Wildman–Crippen MR) is 128 cm³/mol. The van der Waals surface area contributed by atoms with Gasteiger partial charge in [0.25, 0.3) is 5.91 Å². The van der Waals surface area contributed by atoms with E-state index in [1.54, 1.807) is 31.1 Å². The van der Waals surface area contributed by atoms with E-state index in [-0.39, 0.29) is 18.1 Å². The van der Waals surface area contributed by atoms with Crippen LogP contribution in [0.5, 0.6) is 23.0 Å². The van der Waals surface area contributed by atoms with Gasteiger partial charge in [-0.2, -0.15) is 0 Å². The van der Waals surface area contributed by atoms with Crippen molar-refractivity contribution in [3.8, 4) is 23.0 Å². The number of benzene rings is 2. The molecule has 2 aliphatic heterocycles. The minimum absolute atomic E-state index is 0.0120. The van der Waals surface area contributed by atoms with Gasteiger partial charge in [-0.25, -0.2) is 0 Å². The smallest absolute Gasteiger partial charge is 0.263 e. The first-order valence-electron chi connectivity index (χ1n) is 11.8. The number of carbonyl (C=O) groups is 2. The first kappa shape index (κ1) is 23.9. The van der Waals surface area contributed by atoms with Gasteiger partial charge in [0.1, 0.15) is 34.2 Å². The number of nitrogens with zero attached hydrogens (tertiary/aromatic N) is 1. The molecule has 0 N–H and O–H groups in total. The third-order valence-corrected chi connectivity index (χ3v) is 6.78. The summed E-state index contributed by atoms with van der Waals surface area (Å²) in [6, 6.07) is 11.3. The first-order chi connectivity index (χ1) is 16.2. The Bertz CT molecular complexity index is 1050. The summed E-state index contributed by atoms with van der Waals surface area (Å²) in [6.45, 7) is 7.06. The second-order valence-corrected chi connectivity index (χ2v) is 9.40. The second kappa shape index (κ2) is 9.57. The van der Waals surface area contributed by atoms with E-state index < -0.39 is 11.7 Å². The van der Waals surface area contributed by atoms with Crippen molar-refractivity contribution in [1.29, 1.82) is 0 Å². The fourth-order valence-corrected chi connectivity index (χ4v) is 4.71. The van der Waals surface area contributed by atoms with Crippen molar-refractivity contribution in [3.63, 3.8) is 0 Å². The molecule has 2 aromatic carbocycles. The molecule has 0 bridgehead atoms. The first-order valence-corrected chi connectivity index (χ1v) is 11.8. The fourth-order valence-electron chi connectivity index (χ4n) is 4.71. The molecular weight excluding hydrogens is 434 g/mol. The molecule has 1 spiro atoms. The normalized spacial score (nSPS) is 17.7. The van der Waals surface area contributed by atoms with Gasteiger partial charge in [-0.3, -0.25) is 9.59 Å². The van der Waals surface area contributed by atoms with Crippen molar-refractivity contribution >= 4 is 11.7 Å². The minimum atomic E-state index is -0.630. The van der Waals surface area contributed by atoms with Crippen molar-refractivity contribution in [2.75, 3.05) is 27.3 Å². The Hall–Kier alpha value is -3.22. The van der Waals surface area contributed by atoms with Crippen LogP contribution in [-0.2, 0) is 4.79 Å². The van der Waals surface area contributed by atoms with Gasteiger partial charge in [-0.05, 0) is 30.5 Å². The summed E-state index contributed by atoms with van der Waals surface area (Å²) >= 11 is 0. The van der Waals surface area contributed by atoms with Gasteiger partial charge >= 0.3 is 0 Å². The SMILES string of the molecule is COc1cc(OC)c2c(c1)OC1(CCN(C(=O)C(C)Oc3ccc(C(C)C)cc3)CC1)CC2=O. The quantitative estimate of drug-likeness (QED) is 0.617. The van der Waals surface area contributed by atoms with Crippen LogP contribution >= 0.6 is 0 Å². The number of carbonyl (C=O) groups excluding carboxylic acids is 2. The predicted octanol–water partition coefficient (Wildman–Crippen LogP) is 4.62. The lowest BCUT2D eigenvalue weighted by Crippen LogP contribution is -2.54. The molecule has 34 heavy (non-hydrogen) atoms. The monoisotopic (exact) mass is 467 g/mol. The molecule has 182 valence electrons. The maximum Gasteiger partial charge on any atom is 0.263 e. The third-order valence-electron chi connectivity index (χ3n) is 6.78. The van der Waals surface area contributed by atoms with E-state index in [4.69, 9.17) is 18.9 Å². The highest BCUT2D eigenvalue weighted by Crippen LogP contribution is 2.44. The van der Waals surface area contributed by atoms with E-state index in [2.05, 4.69) is 13.8 Å². The highest BCUT2D eigenvalue weighted by atomic mass is 16.5. The lowest BCUT2D eigenvalue weighted by atomic mass is 9.82. The number of ether oxygens (including phenoxy) is 4. The molecule has 2 aliphatic rings. The molecule has 7 heteroatoms. The van der Waals surface area contributed by atoms with Crippen LogP contribution < -0.4 is 18.9 Å². The van der Waals surface area contributed by atoms with Crippen molar-refractivity contribution in [2.45, 2.75) is 57.7 Å². The van der Waals surface area contributed by atoms with Crippen molar-refractivity contribution < 1.29 is 28.5 Å². The zero-order valence-corrected chi connectivity index (χ0v) is 20.6. The molecule has 2 aromatic rings. The topological polar surface area (TPSA) is 74.3 Å². The van der Waals surface area contributed by atoms with Gasteiger partial charge in [-0.15, -0.1) is 0 Å². The maximum atomic E-state index is 13.0. The maximum absolute atomic E-state index is 13.0. The third kappa shape index (κ3) is 4.69. The molecule has 4 rings (SSSR count). The molecule has 1 unspecified atom stereocenters. The summed E-state index contributed by atoms with van der Waals surface area (Å²) in [7, 11) is 3.09. The Morgan fingerprint density at radius 2 is 1.68 bits per heavy atom. The Balaban J connectivity index is 1.40. The average Bonchev–Trinajstić information content (AvgIpc) is 2.83. The summed E-state index contributed by atoms with van der Waals surface area (Å²) < 4.78 is 23.0. The highest BCUT2D eigenvalue weighted by Gasteiger charge is 2.45. The summed E-state index contributed by atoms with van der Waals surface area (Å²) in [5.74, 6) is 2.55. The molecule has 1 atom stereocenters. The lowest BCUT2D eigenvalue weighted by Gasteiger charge is -2.44. The largest absolute Gasteiger partial charge is 0.496 e. The Labute approximate surface area is 200 Å². The van der Waals surface area contributed by atoms with Crippen LogP contribution in [0.1, 0.15) is 61.9 Å². The standard InChI is InChI=1S/C27H33NO6/c1-17(2)19-6-8-20(9-7-19)33-18(3)26(30)28-12-10-27(11-13-28)16-22(29)25-23(32-5)14-21(31-4)15-24(25)34-27/h6-9,14-15,17-18H,10-13,16H2,1-5H3. The summed E-state index contributed by atoms with van der Waals surface area (Å²) in [4.78, 5) is 27.9. The molecule has 0 aliphatic carbocycles. The minimum Gasteiger partial charge on any atom is -0.496 e. The number of hydrogen-bond donors (Lipinski definition) is 0. The molecule has 0 aromatic heterocycles.